The number of nitrogens with zero attached hydrogens (tertiary/aromatic N) is 5. The van der Waals surface area contributed by atoms with E-state index in [2.05, 4.69) is 21.1 Å². The molecule has 0 saturated carbocycles. The van der Waals surface area contributed by atoms with Gasteiger partial charge in [-0.05, 0) is 61.2 Å². The van der Waals surface area contributed by atoms with Gasteiger partial charge in [-0.2, -0.15) is 9.40 Å². The molecule has 3 aliphatic rings. The molecule has 0 spiro atoms. The summed E-state index contributed by atoms with van der Waals surface area (Å²) in [4.78, 5) is 6.60. The summed E-state index contributed by atoms with van der Waals surface area (Å²) in [5.74, 6) is -0.295. The number of benzene rings is 1. The van der Waals surface area contributed by atoms with E-state index in [1.807, 2.05) is 10.9 Å². The maximum Gasteiger partial charge on any atom is 0.244 e. The number of rotatable bonds is 6. The molecule has 0 amide bonds. The second-order valence-corrected chi connectivity index (χ2v) is 11.7. The molecular weight excluding hydrogens is 481 g/mol. The second kappa shape index (κ2) is 8.79. The van der Waals surface area contributed by atoms with Crippen LogP contribution in [0.2, 0.25) is 0 Å². The smallest absolute Gasteiger partial charge is 0.244 e. The number of hydrogen-bond acceptors (Lipinski definition) is 6. The van der Waals surface area contributed by atoms with Crippen molar-refractivity contribution in [2.45, 2.75) is 24.2 Å². The molecule has 36 heavy (non-hydrogen) atoms. The third kappa shape index (κ3) is 3.84. The lowest BCUT2D eigenvalue weighted by Gasteiger charge is -2.45. The standard InChI is InChI=1S/C26H28FN5O3S/c1-35-18-26-13-19-14-29-32(22-5-3-21(27)4-6-22)25(19)11-20(26)7-10-31(17-26)36(33,34)24-12-23(15-28-16-24)30-8-2-9-30/h3-6,11-12,14-16H,2,7-10,13,17-18H2,1H3/t26-/m1/s1. The van der Waals surface area contributed by atoms with Gasteiger partial charge in [0.25, 0.3) is 0 Å². The average Bonchev–Trinajstić information content (AvgIpc) is 3.24. The van der Waals surface area contributed by atoms with Crippen LogP contribution < -0.4 is 4.90 Å². The fourth-order valence-corrected chi connectivity index (χ4v) is 7.05. The highest BCUT2D eigenvalue weighted by Gasteiger charge is 2.46. The van der Waals surface area contributed by atoms with Gasteiger partial charge >= 0.3 is 0 Å². The molecule has 2 saturated heterocycles. The maximum atomic E-state index is 13.7. The molecule has 0 N–H and O–H groups in total. The van der Waals surface area contributed by atoms with Gasteiger partial charge in [0.05, 0.1) is 36.1 Å². The van der Waals surface area contributed by atoms with E-state index in [0.717, 1.165) is 47.7 Å². The Morgan fingerprint density at radius 3 is 2.61 bits per heavy atom. The van der Waals surface area contributed by atoms with Crippen molar-refractivity contribution in [1.82, 2.24) is 19.1 Å². The summed E-state index contributed by atoms with van der Waals surface area (Å²) in [5.41, 5.74) is 4.27. The van der Waals surface area contributed by atoms with Crippen LogP contribution in [0.15, 0.2) is 59.4 Å². The summed E-state index contributed by atoms with van der Waals surface area (Å²) < 4.78 is 49.9. The monoisotopic (exact) mass is 509 g/mol. The Hall–Kier alpha value is -3.08. The minimum atomic E-state index is -3.72. The SMILES string of the molecule is COC[C@]12Cc3cnn(-c4ccc(F)cc4)c3C=C1CCN(S(=O)(=O)c1cncc(N3CCC3)c1)C2. The molecule has 0 unspecified atom stereocenters. The highest BCUT2D eigenvalue weighted by atomic mass is 32.2. The van der Waals surface area contributed by atoms with Crippen molar-refractivity contribution in [1.29, 1.82) is 0 Å². The van der Waals surface area contributed by atoms with Crippen molar-refractivity contribution in [3.63, 3.8) is 0 Å². The zero-order chi connectivity index (χ0) is 24.9. The lowest BCUT2D eigenvalue weighted by atomic mass is 9.69. The van der Waals surface area contributed by atoms with Crippen molar-refractivity contribution in [3.05, 3.63) is 71.6 Å². The van der Waals surface area contributed by atoms with Crippen LogP contribution in [-0.2, 0) is 21.2 Å². The lowest BCUT2D eigenvalue weighted by molar-refractivity contribution is 0.0733. The van der Waals surface area contributed by atoms with Gasteiger partial charge in [-0.3, -0.25) is 4.98 Å². The fourth-order valence-electron chi connectivity index (χ4n) is 5.54. The molecule has 188 valence electrons. The quantitative estimate of drug-likeness (QED) is 0.507. The predicted octanol–water partition coefficient (Wildman–Crippen LogP) is 3.28. The first-order valence-electron chi connectivity index (χ1n) is 12.1. The molecule has 3 aromatic rings. The Balaban J connectivity index is 1.32. The molecule has 2 aromatic heterocycles. The molecule has 0 bridgehead atoms. The van der Waals surface area contributed by atoms with E-state index < -0.39 is 15.4 Å². The number of pyridine rings is 1. The van der Waals surface area contributed by atoms with Crippen LogP contribution >= 0.6 is 0 Å². The van der Waals surface area contributed by atoms with Crippen LogP contribution in [0.25, 0.3) is 11.8 Å². The minimum Gasteiger partial charge on any atom is -0.384 e. The Morgan fingerprint density at radius 2 is 1.89 bits per heavy atom. The van der Waals surface area contributed by atoms with E-state index in [-0.39, 0.29) is 10.7 Å². The molecule has 2 aliphatic heterocycles. The van der Waals surface area contributed by atoms with Gasteiger partial charge in [-0.25, -0.2) is 17.5 Å². The van der Waals surface area contributed by atoms with Crippen molar-refractivity contribution < 1.29 is 17.5 Å². The molecule has 1 aliphatic carbocycles. The topological polar surface area (TPSA) is 80.6 Å². The normalized spacial score (nSPS) is 21.9. The van der Waals surface area contributed by atoms with Crippen LogP contribution in [0.1, 0.15) is 24.1 Å². The number of anilines is 1. The molecular formula is C26H28FN5O3S. The van der Waals surface area contributed by atoms with E-state index in [9.17, 15) is 12.8 Å². The van der Waals surface area contributed by atoms with Gasteiger partial charge in [-0.15, -0.1) is 0 Å². The van der Waals surface area contributed by atoms with E-state index in [0.29, 0.717) is 32.5 Å². The molecule has 2 fully saturated rings. The maximum absolute atomic E-state index is 13.7. The summed E-state index contributed by atoms with van der Waals surface area (Å²) in [7, 11) is -2.07. The third-order valence-electron chi connectivity index (χ3n) is 7.57. The number of hydrogen-bond donors (Lipinski definition) is 0. The van der Waals surface area contributed by atoms with Crippen LogP contribution in [-0.4, -0.2) is 67.4 Å². The van der Waals surface area contributed by atoms with E-state index >= 15 is 0 Å². The number of aromatic nitrogens is 3. The Labute approximate surface area is 210 Å². The van der Waals surface area contributed by atoms with Crippen LogP contribution in [0.4, 0.5) is 10.1 Å². The van der Waals surface area contributed by atoms with Gasteiger partial charge in [0, 0.05) is 44.9 Å². The summed E-state index contributed by atoms with van der Waals surface area (Å²) in [5, 5.41) is 4.57. The Bertz CT molecular complexity index is 1430. The van der Waals surface area contributed by atoms with Crippen LogP contribution in [0, 0.1) is 11.2 Å². The molecule has 1 atom stereocenters. The van der Waals surface area contributed by atoms with Gasteiger partial charge < -0.3 is 9.64 Å². The number of fused-ring (bicyclic) bond motifs is 2. The molecule has 6 rings (SSSR count). The zero-order valence-corrected chi connectivity index (χ0v) is 20.9. The van der Waals surface area contributed by atoms with Crippen LogP contribution in [0.3, 0.4) is 0 Å². The molecule has 1 aromatic carbocycles. The first-order valence-corrected chi connectivity index (χ1v) is 13.6. The summed E-state index contributed by atoms with van der Waals surface area (Å²) in [6.45, 7) is 2.96. The summed E-state index contributed by atoms with van der Waals surface area (Å²) in [6, 6.07) is 7.99. The largest absolute Gasteiger partial charge is 0.384 e. The minimum absolute atomic E-state index is 0.229. The van der Waals surface area contributed by atoms with Gasteiger partial charge in [0.1, 0.15) is 10.7 Å². The molecule has 8 nitrogen and oxygen atoms in total. The highest BCUT2D eigenvalue weighted by Crippen LogP contribution is 2.45. The first kappa shape index (κ1) is 23.3. The van der Waals surface area contributed by atoms with Gasteiger partial charge in [0.15, 0.2) is 0 Å². The Morgan fingerprint density at radius 1 is 1.08 bits per heavy atom. The Kier molecular flexibility index (Phi) is 5.70. The number of ether oxygens (including phenoxy) is 1. The van der Waals surface area contributed by atoms with Crippen molar-refractivity contribution in [3.8, 4) is 5.69 Å². The summed E-state index contributed by atoms with van der Waals surface area (Å²) in [6.07, 6.45) is 9.41. The number of methoxy groups -OCH3 is 1. The van der Waals surface area contributed by atoms with E-state index in [1.165, 1.54) is 18.3 Å². The number of halogens is 1. The molecule has 4 heterocycles. The lowest BCUT2D eigenvalue weighted by Crippen LogP contribution is -2.51. The van der Waals surface area contributed by atoms with Crippen molar-refractivity contribution in [2.75, 3.05) is 44.8 Å². The third-order valence-corrected chi connectivity index (χ3v) is 9.38. The molecule has 10 heteroatoms. The average molecular weight is 510 g/mol. The van der Waals surface area contributed by atoms with E-state index in [1.54, 1.807) is 35.8 Å². The van der Waals surface area contributed by atoms with E-state index in [4.69, 9.17) is 4.74 Å². The first-order chi connectivity index (χ1) is 17.4. The molecule has 0 radical (unpaired) electrons. The van der Waals surface area contributed by atoms with Crippen molar-refractivity contribution >= 4 is 21.8 Å². The van der Waals surface area contributed by atoms with Crippen molar-refractivity contribution in [2.24, 2.45) is 5.41 Å². The summed E-state index contributed by atoms with van der Waals surface area (Å²) >= 11 is 0. The van der Waals surface area contributed by atoms with Gasteiger partial charge in [-0.1, -0.05) is 5.57 Å². The van der Waals surface area contributed by atoms with Gasteiger partial charge in [0.2, 0.25) is 10.0 Å². The fraction of sp³-hybridized carbons (Fsp3) is 0.385. The zero-order valence-electron chi connectivity index (χ0n) is 20.1. The number of piperidine rings is 1. The highest BCUT2D eigenvalue weighted by molar-refractivity contribution is 7.89. The second-order valence-electron chi connectivity index (χ2n) is 9.81. The predicted molar refractivity (Wildman–Crippen MR) is 134 cm³/mol. The van der Waals surface area contributed by atoms with Crippen LogP contribution in [0.5, 0.6) is 0 Å². The number of sulfonamides is 1.